The lowest BCUT2D eigenvalue weighted by Gasteiger charge is -2.12. The molecule has 38 heavy (non-hydrogen) atoms. The van der Waals surface area contributed by atoms with Crippen molar-refractivity contribution in [3.05, 3.63) is 140 Å². The minimum absolute atomic E-state index is 0.821. The lowest BCUT2D eigenvalue weighted by molar-refractivity contribution is 1.22. The van der Waals surface area contributed by atoms with Crippen LogP contribution >= 0.6 is 0 Å². The van der Waals surface area contributed by atoms with E-state index in [4.69, 9.17) is 9.97 Å². The molecule has 0 unspecified atom stereocenters. The van der Waals surface area contributed by atoms with Crippen molar-refractivity contribution in [3.63, 3.8) is 0 Å². The third-order valence-corrected chi connectivity index (χ3v) is 6.96. The van der Waals surface area contributed by atoms with Crippen LogP contribution in [0.2, 0.25) is 0 Å². The summed E-state index contributed by atoms with van der Waals surface area (Å²) >= 11 is 0. The summed E-state index contributed by atoms with van der Waals surface area (Å²) in [5, 5.41) is 4.97. The topological polar surface area (TPSA) is 38.7 Å². The van der Waals surface area contributed by atoms with Crippen LogP contribution in [0.1, 0.15) is 0 Å². The molecule has 0 radical (unpaired) electrons. The molecule has 0 fully saturated rings. The maximum atomic E-state index is 4.97. The van der Waals surface area contributed by atoms with Crippen molar-refractivity contribution >= 4 is 21.5 Å². The zero-order valence-corrected chi connectivity index (χ0v) is 20.6. The highest BCUT2D eigenvalue weighted by Crippen LogP contribution is 2.35. The van der Waals surface area contributed by atoms with Gasteiger partial charge in [-0.15, -0.1) is 0 Å². The Balaban J connectivity index is 1.35. The van der Waals surface area contributed by atoms with Crippen molar-refractivity contribution in [1.82, 2.24) is 15.0 Å². The van der Waals surface area contributed by atoms with Crippen LogP contribution in [0.15, 0.2) is 140 Å². The highest BCUT2D eigenvalue weighted by molar-refractivity contribution is 6.13. The quantitative estimate of drug-likeness (QED) is 0.234. The van der Waals surface area contributed by atoms with Gasteiger partial charge < -0.3 is 0 Å². The summed E-state index contributed by atoms with van der Waals surface area (Å²) in [6.07, 6.45) is 3.76. The van der Waals surface area contributed by atoms with Crippen molar-refractivity contribution in [1.29, 1.82) is 0 Å². The van der Waals surface area contributed by atoms with E-state index in [2.05, 4.69) is 108 Å². The van der Waals surface area contributed by atoms with Gasteiger partial charge in [0.1, 0.15) is 0 Å². The van der Waals surface area contributed by atoms with E-state index in [-0.39, 0.29) is 0 Å². The molecule has 0 aliphatic rings. The van der Waals surface area contributed by atoms with Gasteiger partial charge in [-0.3, -0.25) is 9.97 Å². The predicted molar refractivity (Wildman–Crippen MR) is 157 cm³/mol. The first-order valence-corrected chi connectivity index (χ1v) is 12.7. The number of benzene rings is 4. The van der Waals surface area contributed by atoms with Crippen molar-refractivity contribution in [2.24, 2.45) is 0 Å². The second-order valence-corrected chi connectivity index (χ2v) is 9.33. The van der Waals surface area contributed by atoms with Crippen LogP contribution < -0.4 is 0 Å². The maximum Gasteiger partial charge on any atom is 0.0900 e. The van der Waals surface area contributed by atoms with Gasteiger partial charge in [0.25, 0.3) is 0 Å². The van der Waals surface area contributed by atoms with Gasteiger partial charge in [-0.25, -0.2) is 4.98 Å². The summed E-state index contributed by atoms with van der Waals surface area (Å²) in [7, 11) is 0. The average molecular weight is 486 g/mol. The molecule has 4 aromatic carbocycles. The SMILES string of the molecule is c1ccc(-c2cc(-c3ccccn3)nc(-c3ccc(-c4cc5ccccc5c5ccccc45)cn3)c2)cc1. The molecule has 7 rings (SSSR count). The Morgan fingerprint density at radius 1 is 0.395 bits per heavy atom. The molecule has 178 valence electrons. The minimum atomic E-state index is 0.821. The molecule has 0 aliphatic carbocycles. The summed E-state index contributed by atoms with van der Waals surface area (Å²) in [6.45, 7) is 0. The van der Waals surface area contributed by atoms with Crippen molar-refractivity contribution in [3.8, 4) is 45.0 Å². The molecule has 0 atom stereocenters. The summed E-state index contributed by atoms with van der Waals surface area (Å²) in [4.78, 5) is 14.4. The first-order chi connectivity index (χ1) is 18.8. The number of hydrogen-bond donors (Lipinski definition) is 0. The average Bonchev–Trinajstić information content (AvgIpc) is 3.01. The fraction of sp³-hybridized carbons (Fsp3) is 0. The zero-order valence-electron chi connectivity index (χ0n) is 20.6. The van der Waals surface area contributed by atoms with Gasteiger partial charge in [0.05, 0.1) is 22.8 Å². The zero-order chi connectivity index (χ0) is 25.3. The van der Waals surface area contributed by atoms with Crippen LogP contribution in [0.25, 0.3) is 66.6 Å². The van der Waals surface area contributed by atoms with E-state index in [0.717, 1.165) is 39.5 Å². The van der Waals surface area contributed by atoms with Crippen LogP contribution in [0.3, 0.4) is 0 Å². The van der Waals surface area contributed by atoms with Gasteiger partial charge in [-0.2, -0.15) is 0 Å². The monoisotopic (exact) mass is 485 g/mol. The van der Waals surface area contributed by atoms with Gasteiger partial charge >= 0.3 is 0 Å². The van der Waals surface area contributed by atoms with E-state index in [1.165, 1.54) is 27.1 Å². The molecule has 0 N–H and O–H groups in total. The Hall–Kier alpha value is -5.15. The molecule has 3 nitrogen and oxygen atoms in total. The molecule has 3 aromatic heterocycles. The number of fused-ring (bicyclic) bond motifs is 3. The maximum absolute atomic E-state index is 4.97. The first kappa shape index (κ1) is 22.1. The van der Waals surface area contributed by atoms with Crippen molar-refractivity contribution in [2.75, 3.05) is 0 Å². The number of rotatable bonds is 4. The van der Waals surface area contributed by atoms with Crippen LogP contribution in [0.4, 0.5) is 0 Å². The predicted octanol–water partition coefficient (Wildman–Crippen LogP) is 8.85. The van der Waals surface area contributed by atoms with E-state index >= 15 is 0 Å². The number of nitrogens with zero attached hydrogens (tertiary/aromatic N) is 3. The number of aromatic nitrogens is 3. The van der Waals surface area contributed by atoms with Gasteiger partial charge in [-0.05, 0) is 74.6 Å². The molecule has 0 saturated carbocycles. The Morgan fingerprint density at radius 2 is 1.08 bits per heavy atom. The molecular weight excluding hydrogens is 462 g/mol. The van der Waals surface area contributed by atoms with E-state index in [1.54, 1.807) is 6.20 Å². The molecule has 0 bridgehead atoms. The molecule has 7 aromatic rings. The van der Waals surface area contributed by atoms with Gasteiger partial charge in [0, 0.05) is 18.0 Å². The van der Waals surface area contributed by atoms with Crippen LogP contribution in [0, 0.1) is 0 Å². The molecule has 3 heterocycles. The van der Waals surface area contributed by atoms with Crippen LogP contribution in [0.5, 0.6) is 0 Å². The highest BCUT2D eigenvalue weighted by atomic mass is 14.8. The third-order valence-electron chi connectivity index (χ3n) is 6.96. The van der Waals surface area contributed by atoms with E-state index in [0.29, 0.717) is 0 Å². The van der Waals surface area contributed by atoms with Gasteiger partial charge in [0.15, 0.2) is 0 Å². The second kappa shape index (κ2) is 9.38. The molecule has 0 spiro atoms. The second-order valence-electron chi connectivity index (χ2n) is 9.33. The minimum Gasteiger partial charge on any atom is -0.255 e. The largest absolute Gasteiger partial charge is 0.255 e. The van der Waals surface area contributed by atoms with Crippen LogP contribution in [-0.2, 0) is 0 Å². The Labute approximate surface area is 221 Å². The molecule has 0 aliphatic heterocycles. The lowest BCUT2D eigenvalue weighted by Crippen LogP contribution is -1.94. The Kier molecular flexibility index (Phi) is 5.45. The van der Waals surface area contributed by atoms with E-state index in [1.807, 2.05) is 30.5 Å². The fourth-order valence-electron chi connectivity index (χ4n) is 5.10. The normalized spacial score (nSPS) is 11.2. The Bertz CT molecular complexity index is 1840. The van der Waals surface area contributed by atoms with E-state index in [9.17, 15) is 0 Å². The summed E-state index contributed by atoms with van der Waals surface area (Å²) < 4.78 is 0. The molecule has 0 amide bonds. The smallest absolute Gasteiger partial charge is 0.0900 e. The van der Waals surface area contributed by atoms with Crippen LogP contribution in [-0.4, -0.2) is 15.0 Å². The summed E-state index contributed by atoms with van der Waals surface area (Å²) in [5.41, 5.74) is 7.79. The summed E-state index contributed by atoms with van der Waals surface area (Å²) in [6, 6.07) is 44.1. The number of hydrogen-bond acceptors (Lipinski definition) is 3. The lowest BCUT2D eigenvalue weighted by atomic mass is 9.94. The summed E-state index contributed by atoms with van der Waals surface area (Å²) in [5.74, 6) is 0. The van der Waals surface area contributed by atoms with Crippen molar-refractivity contribution in [2.45, 2.75) is 0 Å². The van der Waals surface area contributed by atoms with Gasteiger partial charge in [-0.1, -0.05) is 91.0 Å². The highest BCUT2D eigenvalue weighted by Gasteiger charge is 2.12. The van der Waals surface area contributed by atoms with Crippen molar-refractivity contribution < 1.29 is 0 Å². The molecular formula is C35H23N3. The number of pyridine rings is 3. The third kappa shape index (κ3) is 4.00. The molecule has 3 heteroatoms. The van der Waals surface area contributed by atoms with E-state index < -0.39 is 0 Å². The standard InChI is InChI=1S/C35H23N3/c1-2-10-24(11-3-1)27-21-34(32-16-8-9-19-36-32)38-35(22-27)33-18-17-26(23-37-33)31-20-25-12-4-5-13-28(25)29-14-6-7-15-30(29)31/h1-23H. The fourth-order valence-corrected chi connectivity index (χ4v) is 5.10. The first-order valence-electron chi connectivity index (χ1n) is 12.7. The molecule has 0 saturated heterocycles. The van der Waals surface area contributed by atoms with Gasteiger partial charge in [0.2, 0.25) is 0 Å². The Morgan fingerprint density at radius 3 is 1.82 bits per heavy atom.